The lowest BCUT2D eigenvalue weighted by molar-refractivity contribution is -0.118. The lowest BCUT2D eigenvalue weighted by Gasteiger charge is -2.16. The fourth-order valence-electron chi connectivity index (χ4n) is 2.86. The highest BCUT2D eigenvalue weighted by Gasteiger charge is 2.16. The molecule has 0 radical (unpaired) electrons. The van der Waals surface area contributed by atoms with E-state index in [9.17, 15) is 4.79 Å². The fourth-order valence-corrected chi connectivity index (χ4v) is 2.86. The molecule has 6 nitrogen and oxygen atoms in total. The second-order valence-corrected chi connectivity index (χ2v) is 5.81. The molecule has 1 aromatic carbocycles. The Morgan fingerprint density at radius 2 is 2.04 bits per heavy atom. The van der Waals surface area contributed by atoms with E-state index in [-0.39, 0.29) is 37.3 Å². The van der Waals surface area contributed by atoms with Gasteiger partial charge in [-0.05, 0) is 43.5 Å². The molecule has 1 aliphatic heterocycles. The molecule has 0 saturated carbocycles. The summed E-state index contributed by atoms with van der Waals surface area (Å²) in [5.41, 5.74) is 8.78. The summed E-state index contributed by atoms with van der Waals surface area (Å²) in [5, 5.41) is 2.79. The first-order valence-electron chi connectivity index (χ1n) is 7.89. The van der Waals surface area contributed by atoms with E-state index in [1.165, 1.54) is 25.6 Å². The van der Waals surface area contributed by atoms with Gasteiger partial charge in [0.15, 0.2) is 0 Å². The molecule has 1 aliphatic rings. The van der Waals surface area contributed by atoms with Crippen LogP contribution in [0.3, 0.4) is 0 Å². The summed E-state index contributed by atoms with van der Waals surface area (Å²) in [6.45, 7) is 1.22. The molecule has 0 bridgehead atoms. The number of carbonyl (C=O) groups is 1. The van der Waals surface area contributed by atoms with Crippen LogP contribution in [0.2, 0.25) is 0 Å². The number of aromatic nitrogens is 2. The average Bonchev–Trinajstić information content (AvgIpc) is 3.00. The molecular formula is C17H24Cl2N4O2. The summed E-state index contributed by atoms with van der Waals surface area (Å²) in [4.78, 5) is 16.4. The predicted molar refractivity (Wildman–Crippen MR) is 104 cm³/mol. The van der Waals surface area contributed by atoms with Gasteiger partial charge in [-0.3, -0.25) is 4.79 Å². The Kier molecular flexibility index (Phi) is 8.38. The van der Waals surface area contributed by atoms with E-state index in [4.69, 9.17) is 10.5 Å². The molecule has 0 aliphatic carbocycles. The van der Waals surface area contributed by atoms with Crippen molar-refractivity contribution in [3.05, 3.63) is 36.2 Å². The number of aryl methyl sites for hydroxylation is 1. The number of fused-ring (bicyclic) bond motifs is 1. The molecule has 1 amide bonds. The van der Waals surface area contributed by atoms with Gasteiger partial charge in [0.1, 0.15) is 11.9 Å². The molecule has 1 unspecified atom stereocenters. The predicted octanol–water partition coefficient (Wildman–Crippen LogP) is 2.64. The van der Waals surface area contributed by atoms with Crippen LogP contribution in [0.15, 0.2) is 30.5 Å². The van der Waals surface area contributed by atoms with Gasteiger partial charge in [-0.2, -0.15) is 0 Å². The number of hydrogen-bond donors (Lipinski definition) is 2. The normalized spacial score (nSPS) is 13.8. The van der Waals surface area contributed by atoms with E-state index in [1.807, 2.05) is 30.5 Å². The van der Waals surface area contributed by atoms with E-state index in [0.29, 0.717) is 0 Å². The van der Waals surface area contributed by atoms with Crippen molar-refractivity contribution < 1.29 is 9.53 Å². The number of nitrogens with two attached hydrogens (primary N) is 1. The first kappa shape index (κ1) is 21.4. The molecule has 3 N–H and O–H groups in total. The van der Waals surface area contributed by atoms with Crippen LogP contribution in [0.25, 0.3) is 11.4 Å². The van der Waals surface area contributed by atoms with Crippen LogP contribution < -0.4 is 11.1 Å². The van der Waals surface area contributed by atoms with Crippen molar-refractivity contribution in [1.82, 2.24) is 9.55 Å². The molecule has 8 heteroatoms. The second-order valence-electron chi connectivity index (χ2n) is 5.81. The molecule has 0 fully saturated rings. The number of amides is 1. The van der Waals surface area contributed by atoms with Gasteiger partial charge in [-0.15, -0.1) is 24.8 Å². The van der Waals surface area contributed by atoms with E-state index in [1.54, 1.807) is 0 Å². The summed E-state index contributed by atoms with van der Waals surface area (Å²) >= 11 is 0. The van der Waals surface area contributed by atoms with Crippen molar-refractivity contribution >= 4 is 36.4 Å². The molecule has 1 atom stereocenters. The van der Waals surface area contributed by atoms with Crippen LogP contribution >= 0.6 is 24.8 Å². The van der Waals surface area contributed by atoms with Gasteiger partial charge in [0, 0.05) is 36.8 Å². The maximum atomic E-state index is 11.9. The number of nitrogens with one attached hydrogen (secondary N) is 1. The van der Waals surface area contributed by atoms with E-state index in [2.05, 4.69) is 14.9 Å². The number of rotatable bonds is 5. The van der Waals surface area contributed by atoms with Crippen LogP contribution in [0.4, 0.5) is 5.69 Å². The zero-order valence-electron chi connectivity index (χ0n) is 14.1. The van der Waals surface area contributed by atoms with Gasteiger partial charge < -0.3 is 20.4 Å². The van der Waals surface area contributed by atoms with Crippen molar-refractivity contribution in [3.8, 4) is 11.4 Å². The molecule has 1 aromatic heterocycles. The highest BCUT2D eigenvalue weighted by Crippen LogP contribution is 2.25. The lowest BCUT2D eigenvalue weighted by atomic mass is 10.1. The van der Waals surface area contributed by atoms with E-state index < -0.39 is 6.04 Å². The van der Waals surface area contributed by atoms with Gasteiger partial charge >= 0.3 is 0 Å². The third-order valence-electron chi connectivity index (χ3n) is 4.10. The highest BCUT2D eigenvalue weighted by molar-refractivity contribution is 5.94. The van der Waals surface area contributed by atoms with Crippen molar-refractivity contribution in [1.29, 1.82) is 0 Å². The third-order valence-corrected chi connectivity index (χ3v) is 4.10. The molecule has 0 spiro atoms. The lowest BCUT2D eigenvalue weighted by Crippen LogP contribution is -2.39. The summed E-state index contributed by atoms with van der Waals surface area (Å²) in [5.74, 6) is 0.742. The maximum Gasteiger partial charge on any atom is 0.243 e. The monoisotopic (exact) mass is 386 g/mol. The van der Waals surface area contributed by atoms with Gasteiger partial charge in [0.25, 0.3) is 0 Å². The Morgan fingerprint density at radius 1 is 1.32 bits per heavy atom. The molecule has 2 heterocycles. The second kappa shape index (κ2) is 9.77. The fraction of sp³-hybridized carbons (Fsp3) is 0.412. The number of hydrogen-bond acceptors (Lipinski definition) is 4. The van der Waals surface area contributed by atoms with Crippen LogP contribution in [-0.4, -0.2) is 35.2 Å². The van der Waals surface area contributed by atoms with Gasteiger partial charge in [-0.25, -0.2) is 4.98 Å². The number of carbonyl (C=O) groups excluding carboxylic acids is 1. The van der Waals surface area contributed by atoms with Gasteiger partial charge in [-0.1, -0.05) is 0 Å². The minimum absolute atomic E-state index is 0. The number of halogens is 2. The molecular weight excluding hydrogens is 363 g/mol. The first-order valence-corrected chi connectivity index (χ1v) is 7.89. The number of benzene rings is 1. The molecule has 0 saturated heterocycles. The first-order chi connectivity index (χ1) is 11.2. The number of nitrogens with zero attached hydrogens (tertiary/aromatic N) is 2. The van der Waals surface area contributed by atoms with E-state index in [0.717, 1.165) is 30.0 Å². The van der Waals surface area contributed by atoms with Crippen molar-refractivity contribution in [2.75, 3.05) is 19.0 Å². The average molecular weight is 387 g/mol. The molecule has 3 rings (SSSR count). The van der Waals surface area contributed by atoms with Crippen LogP contribution in [0.5, 0.6) is 0 Å². The van der Waals surface area contributed by atoms with Crippen LogP contribution in [0.1, 0.15) is 18.5 Å². The van der Waals surface area contributed by atoms with Crippen molar-refractivity contribution in [3.63, 3.8) is 0 Å². The molecule has 25 heavy (non-hydrogen) atoms. The summed E-state index contributed by atoms with van der Waals surface area (Å²) in [6, 6.07) is 7.02. The topological polar surface area (TPSA) is 82.2 Å². The van der Waals surface area contributed by atoms with Gasteiger partial charge in [0.2, 0.25) is 5.91 Å². The number of anilines is 1. The Hall–Kier alpha value is -1.60. The number of imidazole rings is 1. The quantitative estimate of drug-likeness (QED) is 0.827. The van der Waals surface area contributed by atoms with Gasteiger partial charge in [0.05, 0.1) is 6.61 Å². The Morgan fingerprint density at radius 3 is 2.72 bits per heavy atom. The Balaban J connectivity index is 0.00000156. The molecule has 138 valence electrons. The summed E-state index contributed by atoms with van der Waals surface area (Å²) < 4.78 is 7.17. The van der Waals surface area contributed by atoms with Crippen molar-refractivity contribution in [2.45, 2.75) is 31.8 Å². The summed E-state index contributed by atoms with van der Waals surface area (Å²) in [7, 11) is 1.52. The number of methoxy groups -OCH3 is 1. The maximum absolute atomic E-state index is 11.9. The SMILES string of the molecule is COCC(N)C(=O)Nc1ccc(-c2ncc3n2CCCC3)cc1.Cl.Cl. The highest BCUT2D eigenvalue weighted by atomic mass is 35.5. The van der Waals surface area contributed by atoms with Crippen LogP contribution in [-0.2, 0) is 22.5 Å². The smallest absolute Gasteiger partial charge is 0.243 e. The Labute approximate surface area is 160 Å². The standard InChI is InChI=1S/C17H22N4O2.2ClH/c1-23-11-15(18)17(22)20-13-7-5-12(6-8-13)16-19-10-14-4-2-3-9-21(14)16;;/h5-8,10,15H,2-4,9,11,18H2,1H3,(H,20,22);2*1H. The Bertz CT molecular complexity index is 688. The minimum atomic E-state index is -0.668. The third kappa shape index (κ3) is 4.95. The van der Waals surface area contributed by atoms with Crippen LogP contribution in [0, 0.1) is 0 Å². The number of ether oxygens (including phenoxy) is 1. The van der Waals surface area contributed by atoms with E-state index >= 15 is 0 Å². The zero-order valence-corrected chi connectivity index (χ0v) is 15.7. The minimum Gasteiger partial charge on any atom is -0.383 e. The van der Waals surface area contributed by atoms with Crippen molar-refractivity contribution in [2.24, 2.45) is 5.73 Å². The summed E-state index contributed by atoms with van der Waals surface area (Å²) in [6.07, 6.45) is 5.49. The molecule has 2 aromatic rings. The largest absolute Gasteiger partial charge is 0.383 e. The zero-order chi connectivity index (χ0) is 16.2.